The van der Waals surface area contributed by atoms with E-state index in [-0.39, 0.29) is 24.4 Å². The molecule has 0 radical (unpaired) electrons. The average molecular weight is 408 g/mol. The fourth-order valence-electron chi connectivity index (χ4n) is 3.29. The summed E-state index contributed by atoms with van der Waals surface area (Å²) in [4.78, 5) is 11.8. The lowest BCUT2D eigenvalue weighted by Gasteiger charge is -2.31. The van der Waals surface area contributed by atoms with Crippen molar-refractivity contribution in [2.24, 2.45) is 5.92 Å². The van der Waals surface area contributed by atoms with E-state index in [2.05, 4.69) is 46.2 Å². The molecule has 0 amide bonds. The maximum absolute atomic E-state index is 11.8. The highest BCUT2D eigenvalue weighted by atomic mass is 79.9. The molecule has 1 aromatic heterocycles. The Morgan fingerprint density at radius 1 is 1.40 bits per heavy atom. The number of halogens is 1. The minimum Gasteiger partial charge on any atom is -0.469 e. The summed E-state index contributed by atoms with van der Waals surface area (Å²) in [5.41, 5.74) is 2.69. The molecule has 2 heterocycles. The minimum absolute atomic E-state index is 0.000793. The van der Waals surface area contributed by atoms with Crippen LogP contribution in [0.4, 0.5) is 0 Å². The van der Waals surface area contributed by atoms with Crippen LogP contribution < -0.4 is 0 Å². The van der Waals surface area contributed by atoms with Crippen LogP contribution >= 0.6 is 15.9 Å². The van der Waals surface area contributed by atoms with Crippen LogP contribution in [0, 0.1) is 5.92 Å². The van der Waals surface area contributed by atoms with Gasteiger partial charge in [0.15, 0.2) is 0 Å². The van der Waals surface area contributed by atoms with Gasteiger partial charge < -0.3 is 9.47 Å². The zero-order valence-electron chi connectivity index (χ0n) is 14.6. The van der Waals surface area contributed by atoms with Crippen molar-refractivity contribution in [2.75, 3.05) is 13.7 Å². The van der Waals surface area contributed by atoms with E-state index in [9.17, 15) is 4.79 Å². The van der Waals surface area contributed by atoms with Crippen molar-refractivity contribution in [2.45, 2.75) is 38.8 Å². The largest absolute Gasteiger partial charge is 0.469 e. The molecule has 7 heteroatoms. The molecule has 0 saturated carbocycles. The van der Waals surface area contributed by atoms with Gasteiger partial charge in [0.05, 0.1) is 37.6 Å². The summed E-state index contributed by atoms with van der Waals surface area (Å²) in [7, 11) is 1.38. The van der Waals surface area contributed by atoms with Crippen molar-refractivity contribution in [1.82, 2.24) is 15.0 Å². The van der Waals surface area contributed by atoms with Crippen LogP contribution in [0.3, 0.4) is 0 Å². The molecule has 0 spiro atoms. The number of rotatable bonds is 3. The summed E-state index contributed by atoms with van der Waals surface area (Å²) in [5.74, 6) is -0.0197. The van der Waals surface area contributed by atoms with Crippen molar-refractivity contribution in [1.29, 1.82) is 0 Å². The first kappa shape index (κ1) is 18.1. The van der Waals surface area contributed by atoms with Crippen LogP contribution in [0.1, 0.15) is 42.8 Å². The Balaban J connectivity index is 2.04. The number of ether oxygens (including phenoxy) is 2. The topological polar surface area (TPSA) is 66.2 Å². The van der Waals surface area contributed by atoms with Gasteiger partial charge in [0.25, 0.3) is 0 Å². The summed E-state index contributed by atoms with van der Waals surface area (Å²) in [5, 5.41) is 8.54. The predicted molar refractivity (Wildman–Crippen MR) is 96.2 cm³/mol. The van der Waals surface area contributed by atoms with Gasteiger partial charge in [-0.2, -0.15) is 0 Å². The Morgan fingerprint density at radius 3 is 2.88 bits per heavy atom. The Morgan fingerprint density at radius 2 is 2.16 bits per heavy atom. The number of nitrogens with zero attached hydrogens (tertiary/aromatic N) is 3. The number of carbonyl (C=O) groups is 1. The van der Waals surface area contributed by atoms with E-state index in [1.807, 2.05) is 22.9 Å². The maximum Gasteiger partial charge on any atom is 0.311 e. The van der Waals surface area contributed by atoms with Crippen LogP contribution in [0.2, 0.25) is 0 Å². The van der Waals surface area contributed by atoms with Gasteiger partial charge in [-0.1, -0.05) is 53.2 Å². The van der Waals surface area contributed by atoms with Crippen LogP contribution in [-0.4, -0.2) is 34.7 Å². The molecule has 0 bridgehead atoms. The zero-order chi connectivity index (χ0) is 18.0. The fraction of sp³-hybridized carbons (Fsp3) is 0.500. The molecule has 134 valence electrons. The maximum atomic E-state index is 11.8. The van der Waals surface area contributed by atoms with Crippen molar-refractivity contribution in [3.05, 3.63) is 45.7 Å². The van der Waals surface area contributed by atoms with Gasteiger partial charge in [0, 0.05) is 16.9 Å². The van der Waals surface area contributed by atoms with Crippen molar-refractivity contribution in [3.63, 3.8) is 0 Å². The molecule has 1 aliphatic rings. The summed E-state index contributed by atoms with van der Waals surface area (Å²) < 4.78 is 14.0. The lowest BCUT2D eigenvalue weighted by molar-refractivity contribution is -0.139. The second-order valence-electron chi connectivity index (χ2n) is 6.53. The minimum atomic E-state index is -0.316. The molecule has 0 fully saturated rings. The highest BCUT2D eigenvalue weighted by molar-refractivity contribution is 9.10. The van der Waals surface area contributed by atoms with E-state index in [1.165, 1.54) is 7.11 Å². The summed E-state index contributed by atoms with van der Waals surface area (Å²) >= 11 is 3.63. The lowest BCUT2D eigenvalue weighted by atomic mass is 9.91. The number of esters is 1. The standard InChI is InChI=1S/C18H22BrN3O3/c1-11-9-22-17(15(20-21-22)8-16(23)24-3)12(2)18(25-10-11)13-6-4-5-7-14(13)19/h4-7,11-12,18H,8-10H2,1-3H3/t11-,12-,18+/m1/s1. The normalized spacial score (nSPS) is 23.4. The molecule has 3 rings (SSSR count). The molecular weight excluding hydrogens is 386 g/mol. The van der Waals surface area contributed by atoms with Gasteiger partial charge in [-0.05, 0) is 17.5 Å². The molecular formula is C18H22BrN3O3. The van der Waals surface area contributed by atoms with Gasteiger partial charge in [-0.3, -0.25) is 4.79 Å². The van der Waals surface area contributed by atoms with Crippen molar-refractivity contribution in [3.8, 4) is 0 Å². The summed E-state index contributed by atoms with van der Waals surface area (Å²) in [6, 6.07) is 8.06. The van der Waals surface area contributed by atoms with E-state index in [0.29, 0.717) is 18.2 Å². The van der Waals surface area contributed by atoms with E-state index < -0.39 is 0 Å². The number of benzene rings is 1. The zero-order valence-corrected chi connectivity index (χ0v) is 16.2. The van der Waals surface area contributed by atoms with Crippen LogP contribution in [0.15, 0.2) is 28.7 Å². The molecule has 25 heavy (non-hydrogen) atoms. The van der Waals surface area contributed by atoms with E-state index in [4.69, 9.17) is 9.47 Å². The quantitative estimate of drug-likeness (QED) is 0.730. The van der Waals surface area contributed by atoms with E-state index >= 15 is 0 Å². The molecule has 0 aliphatic carbocycles. The molecule has 0 saturated heterocycles. The van der Waals surface area contributed by atoms with Crippen LogP contribution in [0.5, 0.6) is 0 Å². The van der Waals surface area contributed by atoms with Gasteiger partial charge in [0.2, 0.25) is 0 Å². The van der Waals surface area contributed by atoms with Gasteiger partial charge in [0.1, 0.15) is 0 Å². The average Bonchev–Trinajstić information content (AvgIpc) is 2.96. The van der Waals surface area contributed by atoms with Gasteiger partial charge >= 0.3 is 5.97 Å². The highest BCUT2D eigenvalue weighted by Crippen LogP contribution is 2.39. The number of carbonyl (C=O) groups excluding carboxylic acids is 1. The predicted octanol–water partition coefficient (Wildman–Crippen LogP) is 3.27. The third-order valence-corrected chi connectivity index (χ3v) is 5.25. The highest BCUT2D eigenvalue weighted by Gasteiger charge is 2.32. The Kier molecular flexibility index (Phi) is 5.54. The molecule has 0 N–H and O–H groups in total. The van der Waals surface area contributed by atoms with Crippen LogP contribution in [-0.2, 0) is 27.2 Å². The third-order valence-electron chi connectivity index (χ3n) is 4.53. The molecule has 6 nitrogen and oxygen atoms in total. The first-order chi connectivity index (χ1) is 12.0. The van der Waals surface area contributed by atoms with Crippen LogP contribution in [0.25, 0.3) is 0 Å². The first-order valence-corrected chi connectivity index (χ1v) is 9.15. The van der Waals surface area contributed by atoms with Gasteiger partial charge in [-0.15, -0.1) is 5.10 Å². The number of hydrogen-bond acceptors (Lipinski definition) is 5. The van der Waals surface area contributed by atoms with Crippen molar-refractivity contribution >= 4 is 21.9 Å². The fourth-order valence-corrected chi connectivity index (χ4v) is 3.80. The number of fused-ring (bicyclic) bond motifs is 1. The lowest BCUT2D eigenvalue weighted by Crippen LogP contribution is -2.27. The Labute approximate surface area is 155 Å². The molecule has 1 aliphatic heterocycles. The third kappa shape index (κ3) is 3.77. The number of hydrogen-bond donors (Lipinski definition) is 0. The SMILES string of the molecule is COC(=O)Cc1nnn2c1[C@@H](C)[C@@H](c1ccccc1Br)OC[C@H](C)C2. The first-order valence-electron chi connectivity index (χ1n) is 8.36. The monoisotopic (exact) mass is 407 g/mol. The van der Waals surface area contributed by atoms with Crippen molar-refractivity contribution < 1.29 is 14.3 Å². The Hall–Kier alpha value is -1.73. The second-order valence-corrected chi connectivity index (χ2v) is 7.38. The summed E-state index contributed by atoms with van der Waals surface area (Å²) in [6.07, 6.45) is -0.0280. The second kappa shape index (κ2) is 7.66. The van der Waals surface area contributed by atoms with E-state index in [1.54, 1.807) is 0 Å². The molecule has 1 aromatic carbocycles. The molecule has 0 unspecified atom stereocenters. The number of aromatic nitrogens is 3. The van der Waals surface area contributed by atoms with E-state index in [0.717, 1.165) is 22.3 Å². The smallest absolute Gasteiger partial charge is 0.311 e. The Bertz CT molecular complexity index is 762. The summed E-state index contributed by atoms with van der Waals surface area (Å²) in [6.45, 7) is 5.58. The number of methoxy groups -OCH3 is 1. The molecule has 3 atom stereocenters. The molecule has 2 aromatic rings. The van der Waals surface area contributed by atoms with Gasteiger partial charge in [-0.25, -0.2) is 4.68 Å².